The number of aliphatic hydroxyl groups is 1. The lowest BCUT2D eigenvalue weighted by atomic mass is 9.86. The first-order valence-corrected chi connectivity index (χ1v) is 8.22. The van der Waals surface area contributed by atoms with Crippen molar-refractivity contribution in [2.75, 3.05) is 7.11 Å². The Labute approximate surface area is 138 Å². The average Bonchev–Trinajstić information content (AvgIpc) is 3.09. The van der Waals surface area contributed by atoms with Crippen LogP contribution in [0.15, 0.2) is 58.1 Å². The van der Waals surface area contributed by atoms with Crippen LogP contribution in [0.5, 0.6) is 5.75 Å². The van der Waals surface area contributed by atoms with Crippen LogP contribution >= 0.6 is 11.3 Å². The summed E-state index contributed by atoms with van der Waals surface area (Å²) < 4.78 is 5.09. The largest absolute Gasteiger partial charge is 0.511 e. The van der Waals surface area contributed by atoms with Crippen LogP contribution in [0.2, 0.25) is 0 Å². The van der Waals surface area contributed by atoms with Gasteiger partial charge in [0.15, 0.2) is 5.78 Å². The molecule has 1 aliphatic carbocycles. The van der Waals surface area contributed by atoms with Gasteiger partial charge in [-0.3, -0.25) is 9.79 Å². The van der Waals surface area contributed by atoms with Gasteiger partial charge in [0.05, 0.1) is 18.4 Å². The first-order chi connectivity index (χ1) is 11.2. The SMILES string of the molecule is COc1ccc(N=CC2=C(O)CC(c3cccs3)CC2=O)cc1. The molecule has 0 saturated heterocycles. The highest BCUT2D eigenvalue weighted by atomic mass is 32.1. The Bertz CT molecular complexity index is 745. The molecule has 1 aromatic heterocycles. The lowest BCUT2D eigenvalue weighted by molar-refractivity contribution is -0.116. The second-order valence-corrected chi connectivity index (χ2v) is 6.34. The molecule has 5 heteroatoms. The number of hydrogen-bond donors (Lipinski definition) is 1. The third-order valence-corrected chi connectivity index (χ3v) is 4.88. The zero-order chi connectivity index (χ0) is 16.2. The van der Waals surface area contributed by atoms with E-state index in [9.17, 15) is 9.90 Å². The van der Waals surface area contributed by atoms with Crippen molar-refractivity contribution in [1.82, 2.24) is 0 Å². The van der Waals surface area contributed by atoms with E-state index in [-0.39, 0.29) is 17.5 Å². The second kappa shape index (κ2) is 6.79. The Morgan fingerprint density at radius 3 is 2.65 bits per heavy atom. The van der Waals surface area contributed by atoms with E-state index in [4.69, 9.17) is 4.74 Å². The van der Waals surface area contributed by atoms with Gasteiger partial charge < -0.3 is 9.84 Å². The van der Waals surface area contributed by atoms with Gasteiger partial charge in [-0.25, -0.2) is 0 Å². The summed E-state index contributed by atoms with van der Waals surface area (Å²) in [5.74, 6) is 0.875. The van der Waals surface area contributed by atoms with Crippen molar-refractivity contribution in [3.8, 4) is 5.75 Å². The summed E-state index contributed by atoms with van der Waals surface area (Å²) in [4.78, 5) is 17.7. The molecule has 0 saturated carbocycles. The summed E-state index contributed by atoms with van der Waals surface area (Å²) in [6.07, 6.45) is 2.36. The molecule has 0 spiro atoms. The average molecular weight is 327 g/mol. The van der Waals surface area contributed by atoms with Gasteiger partial charge in [-0.2, -0.15) is 0 Å². The molecular formula is C18H17NO3S. The highest BCUT2D eigenvalue weighted by Crippen LogP contribution is 2.35. The number of carbonyl (C=O) groups excluding carboxylic acids is 1. The Kier molecular flexibility index (Phi) is 4.57. The van der Waals surface area contributed by atoms with Gasteiger partial charge >= 0.3 is 0 Å². The maximum atomic E-state index is 12.3. The molecule has 1 unspecified atom stereocenters. The number of aliphatic hydroxyl groups excluding tert-OH is 1. The van der Waals surface area contributed by atoms with Gasteiger partial charge in [0.1, 0.15) is 11.5 Å². The van der Waals surface area contributed by atoms with Gasteiger partial charge in [-0.1, -0.05) is 6.07 Å². The number of aliphatic imine (C=N–C) groups is 1. The zero-order valence-electron chi connectivity index (χ0n) is 12.7. The summed E-state index contributed by atoms with van der Waals surface area (Å²) >= 11 is 1.62. The fraction of sp³-hybridized carbons (Fsp3) is 0.222. The first kappa shape index (κ1) is 15.5. The lowest BCUT2D eigenvalue weighted by Crippen LogP contribution is -2.18. The number of carbonyl (C=O) groups is 1. The Morgan fingerprint density at radius 2 is 2.04 bits per heavy atom. The number of methoxy groups -OCH3 is 1. The van der Waals surface area contributed by atoms with Crippen molar-refractivity contribution in [2.24, 2.45) is 4.99 Å². The van der Waals surface area contributed by atoms with E-state index in [1.54, 1.807) is 42.7 Å². The minimum Gasteiger partial charge on any atom is -0.511 e. The maximum Gasteiger partial charge on any atom is 0.168 e. The number of ether oxygens (including phenoxy) is 1. The molecule has 23 heavy (non-hydrogen) atoms. The van der Waals surface area contributed by atoms with Crippen LogP contribution in [0.3, 0.4) is 0 Å². The van der Waals surface area contributed by atoms with Crippen LogP contribution in [-0.4, -0.2) is 24.2 Å². The minimum absolute atomic E-state index is 0.0654. The number of nitrogens with zero attached hydrogens (tertiary/aromatic N) is 1. The Hall–Kier alpha value is -2.40. The van der Waals surface area contributed by atoms with Gasteiger partial charge in [0, 0.05) is 29.9 Å². The Morgan fingerprint density at radius 1 is 1.26 bits per heavy atom. The molecule has 2 aromatic rings. The van der Waals surface area contributed by atoms with E-state index in [0.717, 1.165) is 10.6 Å². The van der Waals surface area contributed by atoms with Crippen molar-refractivity contribution < 1.29 is 14.6 Å². The van der Waals surface area contributed by atoms with Crippen LogP contribution in [0.25, 0.3) is 0 Å². The zero-order valence-corrected chi connectivity index (χ0v) is 13.5. The molecule has 0 bridgehead atoms. The number of rotatable bonds is 4. The minimum atomic E-state index is -0.0654. The van der Waals surface area contributed by atoms with E-state index < -0.39 is 0 Å². The topological polar surface area (TPSA) is 58.9 Å². The predicted molar refractivity (Wildman–Crippen MR) is 92.1 cm³/mol. The van der Waals surface area contributed by atoms with E-state index >= 15 is 0 Å². The van der Waals surface area contributed by atoms with Crippen LogP contribution < -0.4 is 4.74 Å². The van der Waals surface area contributed by atoms with Crippen LogP contribution in [0.1, 0.15) is 23.6 Å². The van der Waals surface area contributed by atoms with Crippen LogP contribution in [0.4, 0.5) is 5.69 Å². The molecule has 0 fully saturated rings. The maximum absolute atomic E-state index is 12.3. The molecule has 0 amide bonds. The quantitative estimate of drug-likeness (QED) is 0.846. The summed E-state index contributed by atoms with van der Waals surface area (Å²) in [6, 6.07) is 11.2. The molecule has 0 radical (unpaired) electrons. The molecule has 1 aliphatic rings. The standard InChI is InChI=1S/C18H17NO3S/c1-22-14-6-4-13(5-7-14)19-11-15-16(20)9-12(10-17(15)21)18-3-2-8-23-18/h2-8,11-12,20H,9-10H2,1H3. The molecule has 4 nitrogen and oxygen atoms in total. The van der Waals surface area contributed by atoms with Crippen LogP contribution in [-0.2, 0) is 4.79 Å². The summed E-state index contributed by atoms with van der Waals surface area (Å²) in [7, 11) is 1.60. The first-order valence-electron chi connectivity index (χ1n) is 7.34. The summed E-state index contributed by atoms with van der Waals surface area (Å²) in [6.45, 7) is 0. The molecule has 1 heterocycles. The van der Waals surface area contributed by atoms with Crippen LogP contribution in [0, 0.1) is 0 Å². The molecule has 1 N–H and O–H groups in total. The van der Waals surface area contributed by atoms with Crippen molar-refractivity contribution in [3.63, 3.8) is 0 Å². The van der Waals surface area contributed by atoms with Crippen molar-refractivity contribution >= 4 is 29.0 Å². The summed E-state index contributed by atoms with van der Waals surface area (Å²) in [5.41, 5.74) is 1.02. The van der Waals surface area contributed by atoms with Gasteiger partial charge in [0.25, 0.3) is 0 Å². The fourth-order valence-electron chi connectivity index (χ4n) is 2.59. The summed E-state index contributed by atoms with van der Waals surface area (Å²) in [5, 5.41) is 12.2. The highest BCUT2D eigenvalue weighted by Gasteiger charge is 2.28. The number of benzene rings is 1. The van der Waals surface area contributed by atoms with E-state index in [1.165, 1.54) is 6.21 Å². The second-order valence-electron chi connectivity index (χ2n) is 5.36. The normalized spacial score (nSPS) is 18.7. The number of thiophene rings is 1. The monoisotopic (exact) mass is 327 g/mol. The molecule has 0 aliphatic heterocycles. The third-order valence-electron chi connectivity index (χ3n) is 3.84. The van der Waals surface area contributed by atoms with E-state index in [1.807, 2.05) is 17.5 Å². The molecule has 1 aromatic carbocycles. The van der Waals surface area contributed by atoms with Gasteiger partial charge in [-0.15, -0.1) is 11.3 Å². The number of hydrogen-bond acceptors (Lipinski definition) is 5. The third kappa shape index (κ3) is 3.51. The number of ketones is 1. The van der Waals surface area contributed by atoms with Crippen molar-refractivity contribution in [3.05, 3.63) is 58.0 Å². The number of Topliss-reactive ketones (excluding diaryl/α,β-unsaturated/α-hetero) is 1. The predicted octanol–water partition coefficient (Wildman–Crippen LogP) is 4.42. The molecular weight excluding hydrogens is 310 g/mol. The lowest BCUT2D eigenvalue weighted by Gasteiger charge is -2.20. The van der Waals surface area contributed by atoms with E-state index in [2.05, 4.69) is 4.99 Å². The van der Waals surface area contributed by atoms with Crippen molar-refractivity contribution in [2.45, 2.75) is 18.8 Å². The molecule has 3 rings (SSSR count). The van der Waals surface area contributed by atoms with Crippen molar-refractivity contribution in [1.29, 1.82) is 0 Å². The Balaban J connectivity index is 1.77. The smallest absolute Gasteiger partial charge is 0.168 e. The van der Waals surface area contributed by atoms with Gasteiger partial charge in [-0.05, 0) is 35.7 Å². The number of allylic oxidation sites excluding steroid dienone is 2. The molecule has 1 atom stereocenters. The fourth-order valence-corrected chi connectivity index (χ4v) is 3.42. The highest BCUT2D eigenvalue weighted by molar-refractivity contribution is 7.10. The van der Waals surface area contributed by atoms with Gasteiger partial charge in [0.2, 0.25) is 0 Å². The molecule has 118 valence electrons. The van der Waals surface area contributed by atoms with E-state index in [0.29, 0.717) is 24.1 Å².